The van der Waals surface area contributed by atoms with E-state index in [9.17, 15) is 9.18 Å². The fourth-order valence-corrected chi connectivity index (χ4v) is 5.08. The van der Waals surface area contributed by atoms with E-state index < -0.39 is 0 Å². The van der Waals surface area contributed by atoms with Crippen LogP contribution in [0.3, 0.4) is 0 Å². The average molecular weight is 420 g/mol. The molecule has 2 aliphatic rings. The molecule has 5 rings (SSSR count). The van der Waals surface area contributed by atoms with E-state index in [4.69, 9.17) is 0 Å². The summed E-state index contributed by atoms with van der Waals surface area (Å²) in [6.07, 6.45) is 0. The molecule has 2 atom stereocenters. The molecule has 1 amide bonds. The van der Waals surface area contributed by atoms with Crippen LogP contribution in [-0.4, -0.2) is 57.1 Å². The zero-order chi connectivity index (χ0) is 21.6. The molecule has 1 aromatic heterocycles. The summed E-state index contributed by atoms with van der Waals surface area (Å²) in [6.45, 7) is 7.27. The standard InChI is InChI=1S/C24H26FN5O/c1-16-8-9-19(10-21(16)25)22(31)30-13-20-12-29(11-18-6-4-3-5-7-18)14-24(20,15-30)23-26-17(2)27-28-23/h3-10,20H,11-15H2,1-2H3,(H,26,27,28)/t20-,24-/m0/s1. The van der Waals surface area contributed by atoms with Gasteiger partial charge in [-0.25, -0.2) is 9.37 Å². The predicted octanol–water partition coefficient (Wildman–Crippen LogP) is 3.09. The van der Waals surface area contributed by atoms with Crippen molar-refractivity contribution in [1.29, 1.82) is 0 Å². The zero-order valence-corrected chi connectivity index (χ0v) is 17.8. The van der Waals surface area contributed by atoms with Crippen molar-refractivity contribution in [2.45, 2.75) is 25.8 Å². The highest BCUT2D eigenvalue weighted by molar-refractivity contribution is 5.94. The average Bonchev–Trinajstić information content (AvgIpc) is 3.43. The molecule has 7 heteroatoms. The lowest BCUT2D eigenvalue weighted by atomic mass is 9.80. The molecule has 6 nitrogen and oxygen atoms in total. The van der Waals surface area contributed by atoms with Crippen LogP contribution in [-0.2, 0) is 12.0 Å². The van der Waals surface area contributed by atoms with Crippen molar-refractivity contribution in [3.05, 3.63) is 82.7 Å². The number of fused-ring (bicyclic) bond motifs is 1. The van der Waals surface area contributed by atoms with Crippen LogP contribution in [0.4, 0.5) is 4.39 Å². The summed E-state index contributed by atoms with van der Waals surface area (Å²) in [6, 6.07) is 15.1. The predicted molar refractivity (Wildman–Crippen MR) is 115 cm³/mol. The molecule has 3 aromatic rings. The molecule has 0 radical (unpaired) electrons. The van der Waals surface area contributed by atoms with Crippen molar-refractivity contribution >= 4 is 5.91 Å². The van der Waals surface area contributed by atoms with Gasteiger partial charge < -0.3 is 4.90 Å². The second kappa shape index (κ2) is 7.57. The van der Waals surface area contributed by atoms with Crippen molar-refractivity contribution in [3.63, 3.8) is 0 Å². The molecule has 1 N–H and O–H groups in total. The lowest BCUT2D eigenvalue weighted by Gasteiger charge is -2.27. The number of aromatic amines is 1. The maximum atomic E-state index is 14.1. The van der Waals surface area contributed by atoms with E-state index in [0.29, 0.717) is 24.2 Å². The Morgan fingerprint density at radius 3 is 2.68 bits per heavy atom. The van der Waals surface area contributed by atoms with Crippen LogP contribution in [0.25, 0.3) is 0 Å². The first kappa shape index (κ1) is 19.9. The number of benzene rings is 2. The Kier molecular flexibility index (Phi) is 4.85. The third kappa shape index (κ3) is 3.53. The number of nitrogens with zero attached hydrogens (tertiary/aromatic N) is 4. The largest absolute Gasteiger partial charge is 0.337 e. The van der Waals surface area contributed by atoms with Crippen LogP contribution < -0.4 is 0 Å². The SMILES string of the molecule is Cc1nc([C@]23CN(Cc4ccccc4)C[C@H]2CN(C(=O)c2ccc(C)c(F)c2)C3)n[nH]1. The number of aromatic nitrogens is 3. The fraction of sp³-hybridized carbons (Fsp3) is 0.375. The van der Waals surface area contributed by atoms with Gasteiger partial charge in [0, 0.05) is 44.2 Å². The molecular weight excluding hydrogens is 393 g/mol. The molecule has 3 heterocycles. The van der Waals surface area contributed by atoms with Gasteiger partial charge in [0.25, 0.3) is 5.91 Å². The Hall–Kier alpha value is -3.06. The summed E-state index contributed by atoms with van der Waals surface area (Å²) in [7, 11) is 0. The van der Waals surface area contributed by atoms with Crippen molar-refractivity contribution in [1.82, 2.24) is 25.0 Å². The van der Waals surface area contributed by atoms with Gasteiger partial charge in [0.2, 0.25) is 0 Å². The van der Waals surface area contributed by atoms with E-state index in [1.54, 1.807) is 19.1 Å². The number of nitrogens with one attached hydrogen (secondary N) is 1. The first-order chi connectivity index (χ1) is 14.9. The van der Waals surface area contributed by atoms with Gasteiger partial charge in [-0.1, -0.05) is 36.4 Å². The molecular formula is C24H26FN5O. The lowest BCUT2D eigenvalue weighted by Crippen LogP contribution is -2.40. The van der Waals surface area contributed by atoms with Crippen molar-refractivity contribution in [3.8, 4) is 0 Å². The van der Waals surface area contributed by atoms with Gasteiger partial charge in [-0.05, 0) is 37.1 Å². The molecule has 0 unspecified atom stereocenters. The number of hydrogen-bond donors (Lipinski definition) is 1. The van der Waals surface area contributed by atoms with Crippen LogP contribution in [0.1, 0.15) is 33.1 Å². The second-order valence-corrected chi connectivity index (χ2v) is 8.90. The number of amides is 1. The summed E-state index contributed by atoms with van der Waals surface area (Å²) in [5.74, 6) is 1.30. The minimum absolute atomic E-state index is 0.130. The molecule has 0 saturated carbocycles. The molecule has 0 aliphatic carbocycles. The van der Waals surface area contributed by atoms with Crippen molar-refractivity contribution in [2.75, 3.05) is 26.2 Å². The Morgan fingerprint density at radius 2 is 1.97 bits per heavy atom. The second-order valence-electron chi connectivity index (χ2n) is 8.90. The van der Waals surface area contributed by atoms with Crippen molar-refractivity contribution in [2.24, 2.45) is 5.92 Å². The van der Waals surface area contributed by atoms with Crippen molar-refractivity contribution < 1.29 is 9.18 Å². The normalized spacial score (nSPS) is 23.3. The van der Waals surface area contributed by atoms with E-state index in [-0.39, 0.29) is 23.1 Å². The zero-order valence-electron chi connectivity index (χ0n) is 17.8. The van der Waals surface area contributed by atoms with Gasteiger partial charge in [-0.3, -0.25) is 14.8 Å². The summed E-state index contributed by atoms with van der Waals surface area (Å²) in [4.78, 5) is 22.1. The van der Waals surface area contributed by atoms with Gasteiger partial charge >= 0.3 is 0 Å². The maximum absolute atomic E-state index is 14.1. The first-order valence-corrected chi connectivity index (χ1v) is 10.7. The number of H-pyrrole nitrogens is 1. The van der Waals surface area contributed by atoms with E-state index in [1.165, 1.54) is 11.6 Å². The van der Waals surface area contributed by atoms with E-state index in [2.05, 4.69) is 44.3 Å². The first-order valence-electron chi connectivity index (χ1n) is 10.7. The van der Waals surface area contributed by atoms with E-state index >= 15 is 0 Å². The summed E-state index contributed by atoms with van der Waals surface area (Å²) in [5, 5.41) is 7.48. The number of hydrogen-bond acceptors (Lipinski definition) is 4. The minimum Gasteiger partial charge on any atom is -0.337 e. The van der Waals surface area contributed by atoms with Crippen LogP contribution >= 0.6 is 0 Å². The van der Waals surface area contributed by atoms with E-state index in [0.717, 1.165) is 31.3 Å². The smallest absolute Gasteiger partial charge is 0.253 e. The molecule has 160 valence electrons. The molecule has 2 saturated heterocycles. The number of halogens is 1. The summed E-state index contributed by atoms with van der Waals surface area (Å²) in [5.41, 5.74) is 1.88. The van der Waals surface area contributed by atoms with Gasteiger partial charge in [-0.15, -0.1) is 0 Å². The highest BCUT2D eigenvalue weighted by Gasteiger charge is 2.56. The van der Waals surface area contributed by atoms with Crippen LogP contribution in [0.2, 0.25) is 0 Å². The number of aryl methyl sites for hydroxylation is 2. The van der Waals surface area contributed by atoms with Crippen LogP contribution in [0.5, 0.6) is 0 Å². The third-order valence-corrected chi connectivity index (χ3v) is 6.68. The van der Waals surface area contributed by atoms with Crippen LogP contribution in [0, 0.1) is 25.6 Å². The van der Waals surface area contributed by atoms with Gasteiger partial charge in [0.05, 0.1) is 5.41 Å². The Labute approximate surface area is 181 Å². The molecule has 2 aliphatic heterocycles. The fourth-order valence-electron chi connectivity index (χ4n) is 5.08. The highest BCUT2D eigenvalue weighted by atomic mass is 19.1. The molecule has 0 bridgehead atoms. The Balaban J connectivity index is 1.41. The minimum atomic E-state index is -0.349. The Bertz CT molecular complexity index is 1110. The Morgan fingerprint density at radius 1 is 1.16 bits per heavy atom. The number of carbonyl (C=O) groups excluding carboxylic acids is 1. The summed E-state index contributed by atoms with van der Waals surface area (Å²) >= 11 is 0. The summed E-state index contributed by atoms with van der Waals surface area (Å²) < 4.78 is 14.1. The number of likely N-dealkylation sites (tertiary alicyclic amines) is 2. The van der Waals surface area contributed by atoms with E-state index in [1.807, 2.05) is 17.9 Å². The monoisotopic (exact) mass is 419 g/mol. The van der Waals surface area contributed by atoms with Gasteiger partial charge in [0.15, 0.2) is 5.82 Å². The van der Waals surface area contributed by atoms with Gasteiger partial charge in [0.1, 0.15) is 11.6 Å². The molecule has 2 aromatic carbocycles. The molecule has 2 fully saturated rings. The quantitative estimate of drug-likeness (QED) is 0.706. The molecule has 0 spiro atoms. The van der Waals surface area contributed by atoms with Crippen LogP contribution in [0.15, 0.2) is 48.5 Å². The lowest BCUT2D eigenvalue weighted by molar-refractivity contribution is 0.0768. The number of rotatable bonds is 4. The maximum Gasteiger partial charge on any atom is 0.253 e. The molecule has 31 heavy (non-hydrogen) atoms. The highest BCUT2D eigenvalue weighted by Crippen LogP contribution is 2.44. The third-order valence-electron chi connectivity index (χ3n) is 6.68. The van der Waals surface area contributed by atoms with Gasteiger partial charge in [-0.2, -0.15) is 5.10 Å². The number of carbonyl (C=O) groups is 1. The topological polar surface area (TPSA) is 65.1 Å².